The number of nitrogens with zero attached hydrogens (tertiary/aromatic N) is 1. The molecule has 1 amide bonds. The fourth-order valence-corrected chi connectivity index (χ4v) is 3.67. The molecule has 1 aromatic heterocycles. The molecule has 2 heterocycles. The third kappa shape index (κ3) is 4.43. The van der Waals surface area contributed by atoms with E-state index in [1.807, 2.05) is 32.0 Å². The van der Waals surface area contributed by atoms with Crippen LogP contribution in [-0.2, 0) is 0 Å². The highest BCUT2D eigenvalue weighted by Gasteiger charge is 2.25. The van der Waals surface area contributed by atoms with Crippen LogP contribution < -0.4 is 14.8 Å². The lowest BCUT2D eigenvalue weighted by atomic mass is 9.95. The van der Waals surface area contributed by atoms with Crippen LogP contribution in [0.25, 0.3) is 0 Å². The highest BCUT2D eigenvalue weighted by atomic mass is 35.5. The Kier molecular flexibility index (Phi) is 6.81. The maximum Gasteiger partial charge on any atom is 0.272 e. The lowest BCUT2D eigenvalue weighted by Crippen LogP contribution is -2.32. The van der Waals surface area contributed by atoms with E-state index < -0.39 is 5.91 Å². The summed E-state index contributed by atoms with van der Waals surface area (Å²) < 4.78 is 11.4. The van der Waals surface area contributed by atoms with Gasteiger partial charge in [-0.3, -0.25) is 4.79 Å². The Balaban J connectivity index is 1.90. The molecule has 0 spiro atoms. The van der Waals surface area contributed by atoms with Crippen LogP contribution in [0.1, 0.15) is 42.4 Å². The molecular weight excluding hydrogens is 446 g/mol. The standard InChI is InChI=1S/C19H18Cl4N2O3/c1-9(2)16(10-4-5-11-12(8-10)28-7-3-6-27-11)25-19(26)17-14(21)13(20)15(22)18(23)24-17/h4-5,8-9,16H,3,6-7H2,1-2H3,(H,25,26). The Labute approximate surface area is 183 Å². The molecule has 1 aromatic carbocycles. The van der Waals surface area contributed by atoms with Crippen molar-refractivity contribution in [3.8, 4) is 11.5 Å². The summed E-state index contributed by atoms with van der Waals surface area (Å²) in [7, 11) is 0. The molecule has 150 valence electrons. The molecule has 0 saturated heterocycles. The van der Waals surface area contributed by atoms with Gasteiger partial charge in [-0.15, -0.1) is 0 Å². The second-order valence-corrected chi connectivity index (χ2v) is 8.14. The number of carbonyl (C=O) groups excluding carboxylic acids is 1. The van der Waals surface area contributed by atoms with Gasteiger partial charge in [0.05, 0.1) is 34.3 Å². The molecule has 0 radical (unpaired) electrons. The second kappa shape index (κ2) is 8.95. The van der Waals surface area contributed by atoms with Gasteiger partial charge in [-0.1, -0.05) is 66.3 Å². The monoisotopic (exact) mass is 462 g/mol. The molecule has 0 aliphatic carbocycles. The first-order chi connectivity index (χ1) is 13.3. The Morgan fingerprint density at radius 3 is 2.39 bits per heavy atom. The average molecular weight is 464 g/mol. The SMILES string of the molecule is CC(C)C(NC(=O)c1nc(Cl)c(Cl)c(Cl)c1Cl)c1ccc2c(c1)OCCCO2. The van der Waals surface area contributed by atoms with Crippen molar-refractivity contribution in [2.45, 2.75) is 26.3 Å². The van der Waals surface area contributed by atoms with Gasteiger partial charge >= 0.3 is 0 Å². The quantitative estimate of drug-likeness (QED) is 0.566. The zero-order valence-corrected chi connectivity index (χ0v) is 18.2. The second-order valence-electron chi connectivity index (χ2n) is 6.64. The minimum Gasteiger partial charge on any atom is -0.490 e. The molecule has 1 N–H and O–H groups in total. The molecule has 0 bridgehead atoms. The minimum absolute atomic E-state index is 0.00759. The number of benzene rings is 1. The summed E-state index contributed by atoms with van der Waals surface area (Å²) in [6.45, 7) is 5.17. The summed E-state index contributed by atoms with van der Waals surface area (Å²) >= 11 is 24.1. The molecule has 28 heavy (non-hydrogen) atoms. The number of pyridine rings is 1. The average Bonchev–Trinajstić information content (AvgIpc) is 2.91. The number of hydrogen-bond donors (Lipinski definition) is 1. The Bertz CT molecular complexity index is 905. The highest BCUT2D eigenvalue weighted by molar-refractivity contribution is 6.52. The molecule has 5 nitrogen and oxygen atoms in total. The normalized spacial score (nSPS) is 14.5. The zero-order chi connectivity index (χ0) is 20.4. The molecule has 3 rings (SSSR count). The number of ether oxygens (including phenoxy) is 2. The van der Waals surface area contributed by atoms with Crippen LogP contribution in [0.5, 0.6) is 11.5 Å². The lowest BCUT2D eigenvalue weighted by molar-refractivity contribution is 0.0920. The minimum atomic E-state index is -0.503. The van der Waals surface area contributed by atoms with Gasteiger partial charge in [-0.25, -0.2) is 4.98 Å². The van der Waals surface area contributed by atoms with Crippen molar-refractivity contribution in [1.29, 1.82) is 0 Å². The molecular formula is C19H18Cl4N2O3. The summed E-state index contributed by atoms with van der Waals surface area (Å²) in [6, 6.07) is 5.30. The molecule has 1 atom stereocenters. The molecule has 1 aliphatic heterocycles. The van der Waals surface area contributed by atoms with E-state index in [9.17, 15) is 4.79 Å². The molecule has 0 fully saturated rings. The number of hydrogen-bond acceptors (Lipinski definition) is 4. The van der Waals surface area contributed by atoms with Gasteiger partial charge in [0.15, 0.2) is 11.5 Å². The predicted molar refractivity (Wildman–Crippen MR) is 111 cm³/mol. The van der Waals surface area contributed by atoms with Crippen LogP contribution in [0, 0.1) is 5.92 Å². The van der Waals surface area contributed by atoms with Crippen LogP contribution in [0.15, 0.2) is 18.2 Å². The van der Waals surface area contributed by atoms with E-state index in [1.54, 1.807) is 0 Å². The summed E-state index contributed by atoms with van der Waals surface area (Å²) in [6.07, 6.45) is 0.816. The van der Waals surface area contributed by atoms with Crippen molar-refractivity contribution in [3.05, 3.63) is 49.7 Å². The predicted octanol–water partition coefficient (Wildman–Crippen LogP) is 5.98. The number of nitrogens with one attached hydrogen (secondary N) is 1. The van der Waals surface area contributed by atoms with Crippen molar-refractivity contribution < 1.29 is 14.3 Å². The first-order valence-electron chi connectivity index (χ1n) is 8.70. The van der Waals surface area contributed by atoms with Gasteiger partial charge in [0.25, 0.3) is 5.91 Å². The zero-order valence-electron chi connectivity index (χ0n) is 15.2. The Hall–Kier alpha value is -1.40. The third-order valence-corrected chi connectivity index (χ3v) is 5.96. The van der Waals surface area contributed by atoms with Gasteiger partial charge in [-0.05, 0) is 23.6 Å². The van der Waals surface area contributed by atoms with E-state index in [0.717, 1.165) is 12.0 Å². The van der Waals surface area contributed by atoms with Gasteiger partial charge in [0.2, 0.25) is 0 Å². The molecule has 1 unspecified atom stereocenters. The maximum atomic E-state index is 12.8. The van der Waals surface area contributed by atoms with Gasteiger partial charge in [0.1, 0.15) is 10.8 Å². The molecule has 1 aliphatic rings. The first-order valence-corrected chi connectivity index (χ1v) is 10.2. The van der Waals surface area contributed by atoms with E-state index in [4.69, 9.17) is 55.9 Å². The van der Waals surface area contributed by atoms with Crippen LogP contribution in [0.2, 0.25) is 20.2 Å². The Morgan fingerprint density at radius 1 is 1.04 bits per heavy atom. The van der Waals surface area contributed by atoms with E-state index in [0.29, 0.717) is 24.7 Å². The fraction of sp³-hybridized carbons (Fsp3) is 0.368. The van der Waals surface area contributed by atoms with Crippen molar-refractivity contribution in [2.75, 3.05) is 13.2 Å². The Morgan fingerprint density at radius 2 is 1.71 bits per heavy atom. The molecule has 0 saturated carbocycles. The molecule has 9 heteroatoms. The summed E-state index contributed by atoms with van der Waals surface area (Å²) in [5.74, 6) is 0.918. The van der Waals surface area contributed by atoms with Crippen LogP contribution in [-0.4, -0.2) is 24.1 Å². The van der Waals surface area contributed by atoms with E-state index in [2.05, 4.69) is 10.3 Å². The smallest absolute Gasteiger partial charge is 0.272 e. The van der Waals surface area contributed by atoms with Gasteiger partial charge < -0.3 is 14.8 Å². The fourth-order valence-electron chi connectivity index (χ4n) is 2.86. The number of fused-ring (bicyclic) bond motifs is 1. The largest absolute Gasteiger partial charge is 0.490 e. The van der Waals surface area contributed by atoms with Crippen molar-refractivity contribution in [1.82, 2.24) is 10.3 Å². The van der Waals surface area contributed by atoms with E-state index in [-0.39, 0.29) is 37.9 Å². The van der Waals surface area contributed by atoms with Crippen LogP contribution >= 0.6 is 46.4 Å². The molecule has 2 aromatic rings. The third-order valence-electron chi connectivity index (χ3n) is 4.28. The summed E-state index contributed by atoms with van der Waals surface area (Å²) in [5.41, 5.74) is 0.788. The first kappa shape index (κ1) is 21.3. The van der Waals surface area contributed by atoms with Crippen molar-refractivity contribution >= 4 is 52.3 Å². The van der Waals surface area contributed by atoms with E-state index in [1.165, 1.54) is 0 Å². The number of amides is 1. The number of halogens is 4. The highest BCUT2D eigenvalue weighted by Crippen LogP contribution is 2.37. The van der Waals surface area contributed by atoms with Gasteiger partial charge in [-0.2, -0.15) is 0 Å². The number of carbonyl (C=O) groups is 1. The number of rotatable bonds is 4. The van der Waals surface area contributed by atoms with Crippen LogP contribution in [0.3, 0.4) is 0 Å². The van der Waals surface area contributed by atoms with Crippen LogP contribution in [0.4, 0.5) is 0 Å². The van der Waals surface area contributed by atoms with Crippen molar-refractivity contribution in [3.63, 3.8) is 0 Å². The van der Waals surface area contributed by atoms with Crippen molar-refractivity contribution in [2.24, 2.45) is 5.92 Å². The maximum absolute atomic E-state index is 12.8. The summed E-state index contributed by atoms with van der Waals surface area (Å²) in [4.78, 5) is 16.8. The topological polar surface area (TPSA) is 60.5 Å². The van der Waals surface area contributed by atoms with Gasteiger partial charge in [0, 0.05) is 6.42 Å². The number of aromatic nitrogens is 1. The lowest BCUT2D eigenvalue weighted by Gasteiger charge is -2.24. The summed E-state index contributed by atoms with van der Waals surface area (Å²) in [5, 5.41) is 2.81. The van der Waals surface area contributed by atoms with E-state index >= 15 is 0 Å².